The smallest absolute Gasteiger partial charge is 0.294 e. The number of nitrogens with zero attached hydrogens (tertiary/aromatic N) is 2. The lowest BCUT2D eigenvalue weighted by molar-refractivity contribution is 0.451. The third kappa shape index (κ3) is 3.46. The van der Waals surface area contributed by atoms with Gasteiger partial charge >= 0.3 is 0 Å². The van der Waals surface area contributed by atoms with Crippen LogP contribution in [0.3, 0.4) is 0 Å². The Labute approximate surface area is 119 Å². The van der Waals surface area contributed by atoms with E-state index in [0.717, 1.165) is 24.3 Å². The van der Waals surface area contributed by atoms with Gasteiger partial charge in [-0.25, -0.2) is 0 Å². The lowest BCUT2D eigenvalue weighted by Crippen LogP contribution is -1.96. The van der Waals surface area contributed by atoms with Crippen molar-refractivity contribution in [1.82, 2.24) is 0 Å². The fourth-order valence-electron chi connectivity index (χ4n) is 1.45. The van der Waals surface area contributed by atoms with Crippen LogP contribution < -0.4 is 0 Å². The van der Waals surface area contributed by atoms with Crippen molar-refractivity contribution in [3.05, 3.63) is 36.4 Å². The number of azo groups is 1. The first-order valence-corrected chi connectivity index (χ1v) is 6.95. The molecule has 4 N–H and O–H groups in total. The summed E-state index contributed by atoms with van der Waals surface area (Å²) in [7, 11) is -4.43. The summed E-state index contributed by atoms with van der Waals surface area (Å²) in [5, 5.41) is 35.4. The number of rotatable bonds is 3. The van der Waals surface area contributed by atoms with E-state index in [4.69, 9.17) is 9.66 Å². The van der Waals surface area contributed by atoms with Crippen molar-refractivity contribution in [2.45, 2.75) is 4.90 Å². The summed E-state index contributed by atoms with van der Waals surface area (Å²) in [5.41, 5.74) is -0.206. The molecule has 0 radical (unpaired) electrons. The molecule has 9 heteroatoms. The minimum atomic E-state index is -4.43. The van der Waals surface area contributed by atoms with Crippen LogP contribution in [0.4, 0.5) is 11.4 Å². The number of aromatic hydroxyl groups is 3. The Kier molecular flexibility index (Phi) is 3.78. The van der Waals surface area contributed by atoms with Gasteiger partial charge in [0, 0.05) is 6.07 Å². The van der Waals surface area contributed by atoms with E-state index >= 15 is 0 Å². The Balaban J connectivity index is 2.41. The summed E-state index contributed by atoms with van der Waals surface area (Å²) in [6.07, 6.45) is 0. The molecule has 2 rings (SSSR count). The van der Waals surface area contributed by atoms with Crippen LogP contribution in [0.5, 0.6) is 17.2 Å². The third-order valence-electron chi connectivity index (χ3n) is 2.47. The summed E-state index contributed by atoms with van der Waals surface area (Å²) in [4.78, 5) is -0.454. The summed E-state index contributed by atoms with van der Waals surface area (Å²) in [6, 6.07) is 6.55. The van der Waals surface area contributed by atoms with Crippen LogP contribution >= 0.6 is 0 Å². The van der Waals surface area contributed by atoms with E-state index < -0.39 is 15.0 Å². The Morgan fingerprint density at radius 1 is 0.810 bits per heavy atom. The largest absolute Gasteiger partial charge is 0.508 e. The van der Waals surface area contributed by atoms with E-state index in [1.54, 1.807) is 0 Å². The molecule has 0 saturated carbocycles. The Morgan fingerprint density at radius 2 is 1.48 bits per heavy atom. The van der Waals surface area contributed by atoms with Gasteiger partial charge in [-0.15, -0.1) is 10.2 Å². The quantitative estimate of drug-likeness (QED) is 0.507. The van der Waals surface area contributed by atoms with Gasteiger partial charge in [0.1, 0.15) is 28.6 Å². The van der Waals surface area contributed by atoms with E-state index in [0.29, 0.717) is 0 Å². The van der Waals surface area contributed by atoms with E-state index in [9.17, 15) is 18.6 Å². The summed E-state index contributed by atoms with van der Waals surface area (Å²) in [6.45, 7) is 0. The van der Waals surface area contributed by atoms with Crippen molar-refractivity contribution < 1.29 is 28.3 Å². The van der Waals surface area contributed by atoms with E-state index in [2.05, 4.69) is 10.2 Å². The van der Waals surface area contributed by atoms with Crippen LogP contribution in [0.25, 0.3) is 0 Å². The second-order valence-corrected chi connectivity index (χ2v) is 5.42. The maximum Gasteiger partial charge on any atom is 0.294 e. The summed E-state index contributed by atoms with van der Waals surface area (Å²) in [5.74, 6) is -0.865. The first-order chi connectivity index (χ1) is 9.77. The standard InChI is InChI=1S/C12H10N2O6S/c15-7-1-3-9(12(17)5-7)13-14-10-6-8(21(18,19)20)2-4-11(10)16/h1-6,15-17H,(H,18,19,20). The predicted molar refractivity (Wildman–Crippen MR) is 71.9 cm³/mol. The zero-order valence-corrected chi connectivity index (χ0v) is 11.2. The zero-order valence-electron chi connectivity index (χ0n) is 10.4. The minimum absolute atomic E-state index is 0.00413. The molecule has 0 amide bonds. The highest BCUT2D eigenvalue weighted by Gasteiger charge is 2.12. The van der Waals surface area contributed by atoms with Crippen LogP contribution in [0.15, 0.2) is 51.5 Å². The van der Waals surface area contributed by atoms with Gasteiger partial charge in [0.15, 0.2) is 0 Å². The SMILES string of the molecule is O=S(=O)(O)c1ccc(O)c(N=Nc2ccc(O)cc2O)c1. The Hall–Kier alpha value is -2.65. The highest BCUT2D eigenvalue weighted by atomic mass is 32.2. The van der Waals surface area contributed by atoms with E-state index in [1.165, 1.54) is 12.1 Å². The van der Waals surface area contributed by atoms with Crippen LogP contribution in [0.1, 0.15) is 0 Å². The highest BCUT2D eigenvalue weighted by Crippen LogP contribution is 2.34. The average Bonchev–Trinajstić information content (AvgIpc) is 2.38. The first-order valence-electron chi connectivity index (χ1n) is 5.51. The first kappa shape index (κ1) is 14.8. The van der Waals surface area contributed by atoms with Crippen molar-refractivity contribution in [3.63, 3.8) is 0 Å². The van der Waals surface area contributed by atoms with E-state index in [-0.39, 0.29) is 28.6 Å². The van der Waals surface area contributed by atoms with Crippen molar-refractivity contribution in [1.29, 1.82) is 0 Å². The van der Waals surface area contributed by atoms with Crippen molar-refractivity contribution in [3.8, 4) is 17.2 Å². The molecule has 0 aliphatic carbocycles. The molecule has 0 aliphatic rings. The topological polar surface area (TPSA) is 140 Å². The molecule has 0 saturated heterocycles. The second-order valence-electron chi connectivity index (χ2n) is 4.00. The van der Waals surface area contributed by atoms with Crippen LogP contribution in [0.2, 0.25) is 0 Å². The molecule has 8 nitrogen and oxygen atoms in total. The minimum Gasteiger partial charge on any atom is -0.508 e. The molecule has 2 aromatic rings. The van der Waals surface area contributed by atoms with Crippen LogP contribution in [-0.2, 0) is 10.1 Å². The molecule has 0 atom stereocenters. The predicted octanol–water partition coefficient (Wildman–Crippen LogP) is 2.47. The molecular weight excluding hydrogens is 300 g/mol. The molecular formula is C12H10N2O6S. The van der Waals surface area contributed by atoms with Crippen molar-refractivity contribution in [2.24, 2.45) is 10.2 Å². The van der Waals surface area contributed by atoms with Crippen molar-refractivity contribution in [2.75, 3.05) is 0 Å². The van der Waals surface area contributed by atoms with Gasteiger partial charge < -0.3 is 15.3 Å². The van der Waals surface area contributed by atoms with Crippen molar-refractivity contribution >= 4 is 21.5 Å². The Bertz CT molecular complexity index is 816. The van der Waals surface area contributed by atoms with Gasteiger partial charge in [0.25, 0.3) is 10.1 Å². The molecule has 0 unspecified atom stereocenters. The second kappa shape index (κ2) is 5.38. The number of benzene rings is 2. The number of hydrogen-bond donors (Lipinski definition) is 4. The van der Waals surface area contributed by atoms with Crippen LogP contribution in [0, 0.1) is 0 Å². The molecule has 0 aliphatic heterocycles. The molecule has 0 bridgehead atoms. The fraction of sp³-hybridized carbons (Fsp3) is 0. The third-order valence-corrected chi connectivity index (χ3v) is 3.32. The highest BCUT2D eigenvalue weighted by molar-refractivity contribution is 7.85. The fourth-order valence-corrected chi connectivity index (χ4v) is 1.95. The lowest BCUT2D eigenvalue weighted by Gasteiger charge is -2.02. The van der Waals surface area contributed by atoms with Gasteiger partial charge in [-0.1, -0.05) is 0 Å². The summed E-state index contributed by atoms with van der Waals surface area (Å²) >= 11 is 0. The maximum absolute atomic E-state index is 11.0. The van der Waals surface area contributed by atoms with Gasteiger partial charge in [0.2, 0.25) is 0 Å². The average molecular weight is 310 g/mol. The number of phenols is 3. The van der Waals surface area contributed by atoms with Gasteiger partial charge in [-0.05, 0) is 30.3 Å². The Morgan fingerprint density at radius 3 is 2.10 bits per heavy atom. The van der Waals surface area contributed by atoms with E-state index in [1.807, 2.05) is 0 Å². The summed E-state index contributed by atoms with van der Waals surface area (Å²) < 4.78 is 30.9. The normalized spacial score (nSPS) is 11.9. The molecule has 110 valence electrons. The molecule has 0 fully saturated rings. The monoisotopic (exact) mass is 310 g/mol. The van der Waals surface area contributed by atoms with Crippen LogP contribution in [-0.4, -0.2) is 28.3 Å². The zero-order chi connectivity index (χ0) is 15.6. The molecule has 0 heterocycles. The molecule has 2 aromatic carbocycles. The lowest BCUT2D eigenvalue weighted by atomic mass is 10.3. The van der Waals surface area contributed by atoms with Gasteiger partial charge in [-0.3, -0.25) is 4.55 Å². The van der Waals surface area contributed by atoms with Gasteiger partial charge in [-0.2, -0.15) is 8.42 Å². The number of hydrogen-bond acceptors (Lipinski definition) is 7. The maximum atomic E-state index is 11.0. The molecule has 0 spiro atoms. The van der Waals surface area contributed by atoms with Gasteiger partial charge in [0.05, 0.1) is 4.90 Å². The number of phenolic OH excluding ortho intramolecular Hbond substituents is 3. The molecule has 21 heavy (non-hydrogen) atoms. The molecule has 0 aromatic heterocycles.